The van der Waals surface area contributed by atoms with Gasteiger partial charge < -0.3 is 16.0 Å². The first-order chi connectivity index (χ1) is 15.6. The highest BCUT2D eigenvalue weighted by molar-refractivity contribution is 5.93. The van der Waals surface area contributed by atoms with Crippen molar-refractivity contribution in [1.82, 2.24) is 29.9 Å². The van der Waals surface area contributed by atoms with E-state index in [0.717, 1.165) is 11.1 Å². The van der Waals surface area contributed by atoms with Gasteiger partial charge in [0, 0.05) is 25.2 Å². The van der Waals surface area contributed by atoms with Crippen molar-refractivity contribution in [2.75, 3.05) is 30.0 Å². The molecular formula is C23H26N10. The summed E-state index contributed by atoms with van der Waals surface area (Å²) in [6.45, 7) is 1.79. The maximum absolute atomic E-state index is 4.51. The molecule has 10 heteroatoms. The molecule has 4 rings (SSSR count). The molecule has 4 aromatic rings. The second-order valence-electron chi connectivity index (χ2n) is 6.64. The zero-order valence-electron chi connectivity index (χ0n) is 17.9. The van der Waals surface area contributed by atoms with Crippen molar-refractivity contribution in [2.45, 2.75) is 14.4 Å². The van der Waals surface area contributed by atoms with Gasteiger partial charge >= 0.3 is 0 Å². The van der Waals surface area contributed by atoms with E-state index in [9.17, 15) is 0 Å². The van der Waals surface area contributed by atoms with Crippen LogP contribution in [0.25, 0.3) is 22.8 Å². The van der Waals surface area contributed by atoms with Gasteiger partial charge in [-0.25, -0.2) is 0 Å². The molecule has 2 aromatic heterocycles. The Morgan fingerprint density at radius 1 is 0.636 bits per heavy atom. The topological polar surface area (TPSA) is 126 Å². The summed E-state index contributed by atoms with van der Waals surface area (Å²) in [5.41, 5.74) is 1.75. The molecule has 0 aliphatic rings. The first kappa shape index (κ1) is 23.2. The van der Waals surface area contributed by atoms with Crippen molar-refractivity contribution in [3.8, 4) is 22.8 Å². The van der Waals surface area contributed by atoms with E-state index in [-0.39, 0.29) is 13.4 Å². The van der Waals surface area contributed by atoms with Gasteiger partial charge in [-0.05, 0) is 6.92 Å². The van der Waals surface area contributed by atoms with Gasteiger partial charge in [0.1, 0.15) is 5.84 Å². The Balaban J connectivity index is 0.00000306. The monoisotopic (exact) mass is 442 g/mol. The molecule has 0 saturated carbocycles. The van der Waals surface area contributed by atoms with Crippen LogP contribution in [-0.4, -0.2) is 49.8 Å². The molecule has 33 heavy (non-hydrogen) atoms. The SMILES string of the molecule is C.CNc1nc(N=C(C)Nc2nc(NC)nc(-c3ccccc3)n2)nc(-c2ccccc2)n1. The second kappa shape index (κ2) is 10.7. The summed E-state index contributed by atoms with van der Waals surface area (Å²) in [6, 6.07) is 19.3. The Morgan fingerprint density at radius 2 is 1.12 bits per heavy atom. The third-order valence-corrected chi connectivity index (χ3v) is 4.33. The molecule has 10 nitrogen and oxygen atoms in total. The zero-order chi connectivity index (χ0) is 22.3. The van der Waals surface area contributed by atoms with Gasteiger partial charge in [-0.3, -0.25) is 0 Å². The van der Waals surface area contributed by atoms with Crippen molar-refractivity contribution >= 4 is 29.6 Å². The third kappa shape index (κ3) is 5.82. The van der Waals surface area contributed by atoms with E-state index >= 15 is 0 Å². The van der Waals surface area contributed by atoms with E-state index in [1.54, 1.807) is 21.0 Å². The number of aliphatic imine (C=N–C) groups is 1. The van der Waals surface area contributed by atoms with E-state index in [4.69, 9.17) is 0 Å². The number of hydrogen-bond acceptors (Lipinski definition) is 9. The molecule has 0 atom stereocenters. The molecule has 2 aromatic carbocycles. The fourth-order valence-corrected chi connectivity index (χ4v) is 2.84. The predicted octanol–water partition coefficient (Wildman–Crippen LogP) is 4.27. The van der Waals surface area contributed by atoms with Crippen LogP contribution in [0.1, 0.15) is 14.4 Å². The minimum atomic E-state index is 0. The molecule has 0 saturated heterocycles. The molecule has 0 bridgehead atoms. The largest absolute Gasteiger partial charge is 0.357 e. The molecule has 2 heterocycles. The second-order valence-corrected chi connectivity index (χ2v) is 6.64. The summed E-state index contributed by atoms with van der Waals surface area (Å²) in [5, 5.41) is 9.00. The van der Waals surface area contributed by atoms with Crippen LogP contribution in [0.15, 0.2) is 65.7 Å². The highest BCUT2D eigenvalue weighted by Crippen LogP contribution is 2.20. The van der Waals surface area contributed by atoms with Crippen LogP contribution in [-0.2, 0) is 0 Å². The van der Waals surface area contributed by atoms with Gasteiger partial charge in [-0.2, -0.15) is 34.9 Å². The Morgan fingerprint density at radius 3 is 1.67 bits per heavy atom. The smallest absolute Gasteiger partial charge is 0.256 e. The molecule has 0 aliphatic carbocycles. The third-order valence-electron chi connectivity index (χ3n) is 4.33. The summed E-state index contributed by atoms with van der Waals surface area (Å²) in [6.07, 6.45) is 0. The van der Waals surface area contributed by atoms with Crippen molar-refractivity contribution in [2.24, 2.45) is 4.99 Å². The number of nitrogens with one attached hydrogen (secondary N) is 3. The quantitative estimate of drug-likeness (QED) is 0.296. The lowest BCUT2D eigenvalue weighted by Gasteiger charge is -2.09. The van der Waals surface area contributed by atoms with Crippen LogP contribution in [0.5, 0.6) is 0 Å². The van der Waals surface area contributed by atoms with Crippen molar-refractivity contribution < 1.29 is 0 Å². The number of benzene rings is 2. The average molecular weight is 443 g/mol. The highest BCUT2D eigenvalue weighted by atomic mass is 15.3. The van der Waals surface area contributed by atoms with Crippen molar-refractivity contribution in [3.05, 3.63) is 60.7 Å². The average Bonchev–Trinajstić information content (AvgIpc) is 2.84. The molecule has 0 unspecified atom stereocenters. The van der Waals surface area contributed by atoms with E-state index in [1.165, 1.54) is 0 Å². The Kier molecular flexibility index (Phi) is 7.53. The van der Waals surface area contributed by atoms with Crippen LogP contribution in [0, 0.1) is 0 Å². The number of hydrogen-bond donors (Lipinski definition) is 3. The Hall–Kier alpha value is -4.47. The summed E-state index contributed by atoms with van der Waals surface area (Å²) in [7, 11) is 3.50. The number of rotatable bonds is 6. The van der Waals surface area contributed by atoms with E-state index in [2.05, 4.69) is 50.8 Å². The fraction of sp³-hybridized carbons (Fsp3) is 0.174. The standard InChI is InChI=1S/C22H22N10.CH4/c1-14(25-21-29-17(27-19(23-2)31-21)15-10-6-4-7-11-15)26-22-30-18(28-20(24-3)32-22)16-12-8-5-9-13-16;/h4-13H,1-3H3,(H3,23,24,25,26,27,28,29,30,31,32);1H4. The minimum Gasteiger partial charge on any atom is -0.357 e. The first-order valence-electron chi connectivity index (χ1n) is 9.95. The maximum Gasteiger partial charge on any atom is 0.256 e. The predicted molar refractivity (Wildman–Crippen MR) is 133 cm³/mol. The summed E-state index contributed by atoms with van der Waals surface area (Å²) in [4.78, 5) is 31.0. The van der Waals surface area contributed by atoms with Crippen LogP contribution in [0.2, 0.25) is 0 Å². The number of anilines is 3. The lowest BCUT2D eigenvalue weighted by Crippen LogP contribution is -2.13. The van der Waals surface area contributed by atoms with Gasteiger partial charge in [0.2, 0.25) is 17.8 Å². The Bertz CT molecular complexity index is 1230. The lowest BCUT2D eigenvalue weighted by atomic mass is 10.2. The molecule has 0 amide bonds. The first-order valence-corrected chi connectivity index (χ1v) is 9.95. The van der Waals surface area contributed by atoms with Crippen LogP contribution >= 0.6 is 0 Å². The number of nitrogens with zero attached hydrogens (tertiary/aromatic N) is 7. The molecule has 0 fully saturated rings. The maximum atomic E-state index is 4.51. The number of amidine groups is 1. The summed E-state index contributed by atoms with van der Waals surface area (Å²) in [5.74, 6) is 3.08. The number of aromatic nitrogens is 6. The van der Waals surface area contributed by atoms with Crippen molar-refractivity contribution in [1.29, 1.82) is 0 Å². The summed E-state index contributed by atoms with van der Waals surface area (Å²) < 4.78 is 0. The summed E-state index contributed by atoms with van der Waals surface area (Å²) >= 11 is 0. The van der Waals surface area contributed by atoms with Crippen molar-refractivity contribution in [3.63, 3.8) is 0 Å². The molecule has 0 radical (unpaired) electrons. The molecule has 0 aliphatic heterocycles. The molecule has 3 N–H and O–H groups in total. The fourth-order valence-electron chi connectivity index (χ4n) is 2.84. The Labute approximate surface area is 192 Å². The van der Waals surface area contributed by atoms with Gasteiger partial charge in [0.25, 0.3) is 5.95 Å². The minimum absolute atomic E-state index is 0. The zero-order valence-corrected chi connectivity index (χ0v) is 17.9. The highest BCUT2D eigenvalue weighted by Gasteiger charge is 2.10. The lowest BCUT2D eigenvalue weighted by molar-refractivity contribution is 1.04. The normalized spacial score (nSPS) is 10.8. The van der Waals surface area contributed by atoms with E-state index in [0.29, 0.717) is 35.3 Å². The van der Waals surface area contributed by atoms with E-state index in [1.807, 2.05) is 60.7 Å². The van der Waals surface area contributed by atoms with Gasteiger partial charge in [0.05, 0.1) is 0 Å². The van der Waals surface area contributed by atoms with Gasteiger partial charge in [-0.15, -0.1) is 0 Å². The van der Waals surface area contributed by atoms with Crippen LogP contribution in [0.4, 0.5) is 23.8 Å². The molecule has 0 spiro atoms. The van der Waals surface area contributed by atoms with Crippen LogP contribution in [0.3, 0.4) is 0 Å². The van der Waals surface area contributed by atoms with Gasteiger partial charge in [0.15, 0.2) is 11.6 Å². The molecule has 168 valence electrons. The van der Waals surface area contributed by atoms with E-state index < -0.39 is 0 Å². The van der Waals surface area contributed by atoms with Gasteiger partial charge in [-0.1, -0.05) is 68.1 Å². The van der Waals surface area contributed by atoms with Crippen LogP contribution < -0.4 is 16.0 Å². The molecular weight excluding hydrogens is 416 g/mol.